The van der Waals surface area contributed by atoms with E-state index < -0.39 is 41.8 Å². The fourth-order valence-electron chi connectivity index (χ4n) is 4.57. The van der Waals surface area contributed by atoms with Gasteiger partial charge in [-0.15, -0.1) is 0 Å². The second kappa shape index (κ2) is 9.77. The molecule has 2 fully saturated rings. The summed E-state index contributed by atoms with van der Waals surface area (Å²) in [5, 5.41) is 32.8. The highest BCUT2D eigenvalue weighted by molar-refractivity contribution is 5.83. The van der Waals surface area contributed by atoms with E-state index in [0.717, 1.165) is 12.8 Å². The Balaban J connectivity index is 1.51. The number of nitrogens with one attached hydrogen (secondary N) is 1. The van der Waals surface area contributed by atoms with Gasteiger partial charge < -0.3 is 31.1 Å². The largest absolute Gasteiger partial charge is 0.481 e. The van der Waals surface area contributed by atoms with Crippen LogP contribution in [0.4, 0.5) is 5.82 Å². The first-order chi connectivity index (χ1) is 16.6. The number of carbonyl (C=O) groups excluding carboxylic acids is 1. The Bertz CT molecular complexity index is 1180. The van der Waals surface area contributed by atoms with Crippen molar-refractivity contribution < 1.29 is 29.6 Å². The minimum Gasteiger partial charge on any atom is -0.481 e. The molecule has 188 valence electrons. The number of fused-ring (bicyclic) bond motifs is 1. The minimum atomic E-state index is -1.43. The summed E-state index contributed by atoms with van der Waals surface area (Å²) in [7, 11) is 0. The van der Waals surface area contributed by atoms with Crippen LogP contribution in [0.5, 0.6) is 0 Å². The Labute approximate surface area is 201 Å². The molecule has 1 saturated heterocycles. The van der Waals surface area contributed by atoms with Crippen LogP contribution in [0.15, 0.2) is 6.33 Å². The second-order valence-electron chi connectivity index (χ2n) is 9.39. The number of nitrogens with two attached hydrogens (primary N) is 1. The van der Waals surface area contributed by atoms with Crippen LogP contribution in [0.3, 0.4) is 0 Å². The molecule has 3 heterocycles. The molecular weight excluding hydrogens is 456 g/mol. The van der Waals surface area contributed by atoms with Crippen molar-refractivity contribution in [3.05, 3.63) is 12.2 Å². The molecular formula is C23H30N6O6. The first-order valence-electron chi connectivity index (χ1n) is 11.7. The summed E-state index contributed by atoms with van der Waals surface area (Å²) < 4.78 is 7.06. The quantitative estimate of drug-likeness (QED) is 0.365. The maximum Gasteiger partial charge on any atom is 0.309 e. The zero-order valence-electron chi connectivity index (χ0n) is 19.6. The van der Waals surface area contributed by atoms with Crippen LogP contribution in [0.25, 0.3) is 11.2 Å². The van der Waals surface area contributed by atoms with Gasteiger partial charge in [0.2, 0.25) is 5.82 Å². The van der Waals surface area contributed by atoms with Gasteiger partial charge in [-0.2, -0.15) is 0 Å². The molecule has 1 saturated carbocycles. The van der Waals surface area contributed by atoms with Gasteiger partial charge in [0.05, 0.1) is 11.7 Å². The summed E-state index contributed by atoms with van der Waals surface area (Å²) in [5.41, 5.74) is 5.92. The van der Waals surface area contributed by atoms with Gasteiger partial charge in [-0.3, -0.25) is 14.2 Å². The third kappa shape index (κ3) is 4.80. The number of aliphatic hydroxyl groups is 2. The van der Waals surface area contributed by atoms with Crippen LogP contribution in [-0.2, 0) is 14.3 Å². The highest BCUT2D eigenvalue weighted by Gasteiger charge is 2.47. The van der Waals surface area contributed by atoms with Crippen molar-refractivity contribution in [2.45, 2.75) is 70.5 Å². The first-order valence-corrected chi connectivity index (χ1v) is 11.7. The predicted molar refractivity (Wildman–Crippen MR) is 124 cm³/mol. The van der Waals surface area contributed by atoms with Crippen LogP contribution in [0.2, 0.25) is 0 Å². The molecule has 12 nitrogen and oxygen atoms in total. The minimum absolute atomic E-state index is 0.0984. The lowest BCUT2D eigenvalue weighted by Crippen LogP contribution is -2.42. The lowest BCUT2D eigenvalue weighted by Gasteiger charge is -2.33. The van der Waals surface area contributed by atoms with Crippen molar-refractivity contribution in [1.29, 1.82) is 0 Å². The zero-order valence-corrected chi connectivity index (χ0v) is 19.6. The number of aromatic nitrogens is 4. The molecule has 0 radical (unpaired) electrons. The number of likely N-dealkylation sites (N-methyl/N-ethyl adjacent to an activating group) is 1. The number of carboxylic acid groups (broad SMARTS) is 1. The van der Waals surface area contributed by atoms with Crippen LogP contribution in [-0.4, -0.2) is 71.6 Å². The Kier molecular flexibility index (Phi) is 6.93. The third-order valence-corrected chi connectivity index (χ3v) is 6.89. The number of nitrogens with zero attached hydrogens (tertiary/aromatic N) is 4. The third-order valence-electron chi connectivity index (χ3n) is 6.89. The van der Waals surface area contributed by atoms with Crippen LogP contribution < -0.4 is 11.1 Å². The summed E-state index contributed by atoms with van der Waals surface area (Å²) in [6, 6.07) is 0. The number of anilines is 1. The molecule has 2 aromatic heterocycles. The average Bonchev–Trinajstić information content (AvgIpc) is 3.37. The van der Waals surface area contributed by atoms with Crippen molar-refractivity contribution in [3.63, 3.8) is 0 Å². The Morgan fingerprint density at radius 3 is 2.66 bits per heavy atom. The normalized spacial score (nSPS) is 30.6. The number of aliphatic hydroxyl groups excluding tert-OH is 2. The fourth-order valence-corrected chi connectivity index (χ4v) is 4.57. The highest BCUT2D eigenvalue weighted by atomic mass is 16.6. The number of rotatable bonds is 5. The van der Waals surface area contributed by atoms with E-state index in [-0.39, 0.29) is 22.8 Å². The van der Waals surface area contributed by atoms with Crippen molar-refractivity contribution in [1.82, 2.24) is 24.8 Å². The number of ether oxygens (including phenoxy) is 1. The SMILES string of the molecule is CCNC(=O)[C@H]1O[C@@H](n2cnc3c(N)nc(C#CCC4CCC(C)(C(=O)O)CC4)nc32)[C@H](O)[C@@H]1O. The first kappa shape index (κ1) is 24.8. The molecule has 1 amide bonds. The molecule has 0 unspecified atom stereocenters. The summed E-state index contributed by atoms with van der Waals surface area (Å²) in [6.07, 6.45) is -0.416. The van der Waals surface area contributed by atoms with Gasteiger partial charge >= 0.3 is 5.97 Å². The number of hydrogen-bond donors (Lipinski definition) is 5. The van der Waals surface area contributed by atoms with Crippen molar-refractivity contribution in [2.24, 2.45) is 11.3 Å². The number of hydrogen-bond acceptors (Lipinski definition) is 9. The van der Waals surface area contributed by atoms with E-state index >= 15 is 0 Å². The van der Waals surface area contributed by atoms with E-state index in [0.29, 0.717) is 31.7 Å². The van der Waals surface area contributed by atoms with Crippen molar-refractivity contribution in [3.8, 4) is 11.8 Å². The molecule has 4 rings (SSSR count). The standard InChI is InChI=1S/C23H30N6O6/c1-3-25-20(32)17-15(30)16(31)21(35-17)29-11-26-14-18(24)27-13(28-19(14)29)6-4-5-12-7-9-23(2,10-8-12)22(33)34/h11-12,15-17,21,30-31H,3,5,7-10H2,1-2H3,(H,25,32)(H,33,34)(H2,24,27,28)/t12?,15-,16+,17-,21+,23?/m0/s1. The van der Waals surface area contributed by atoms with Crippen LogP contribution >= 0.6 is 0 Å². The van der Waals surface area contributed by atoms with E-state index in [1.165, 1.54) is 10.9 Å². The highest BCUT2D eigenvalue weighted by Crippen LogP contribution is 2.39. The molecule has 0 spiro atoms. The average molecular weight is 487 g/mol. The molecule has 35 heavy (non-hydrogen) atoms. The van der Waals surface area contributed by atoms with E-state index in [1.54, 1.807) is 13.8 Å². The maximum atomic E-state index is 12.2. The fraction of sp³-hybridized carbons (Fsp3) is 0.609. The lowest BCUT2D eigenvalue weighted by atomic mass is 9.71. The van der Waals surface area contributed by atoms with Gasteiger partial charge in [0.1, 0.15) is 17.7 Å². The lowest BCUT2D eigenvalue weighted by molar-refractivity contribution is -0.150. The van der Waals surface area contributed by atoms with Gasteiger partial charge in [-0.1, -0.05) is 5.92 Å². The zero-order chi connectivity index (χ0) is 25.3. The van der Waals surface area contributed by atoms with Crippen molar-refractivity contribution >= 4 is 28.9 Å². The van der Waals surface area contributed by atoms with Gasteiger partial charge in [-0.05, 0) is 51.4 Å². The van der Waals surface area contributed by atoms with E-state index in [4.69, 9.17) is 10.5 Å². The number of aliphatic carboxylic acids is 1. The monoisotopic (exact) mass is 486 g/mol. The molecule has 1 aliphatic heterocycles. The number of carboxylic acids is 1. The van der Waals surface area contributed by atoms with Gasteiger partial charge in [-0.25, -0.2) is 15.0 Å². The molecule has 0 bridgehead atoms. The topological polar surface area (TPSA) is 186 Å². The van der Waals surface area contributed by atoms with Gasteiger partial charge in [0.25, 0.3) is 5.91 Å². The molecule has 1 aliphatic carbocycles. The summed E-state index contributed by atoms with van der Waals surface area (Å²) in [5.74, 6) is 5.27. The molecule has 2 aromatic rings. The molecule has 6 N–H and O–H groups in total. The van der Waals surface area contributed by atoms with Crippen molar-refractivity contribution in [2.75, 3.05) is 12.3 Å². The molecule has 4 atom stereocenters. The molecule has 0 aromatic carbocycles. The Morgan fingerprint density at radius 1 is 1.29 bits per heavy atom. The van der Waals surface area contributed by atoms with E-state index in [1.807, 2.05) is 0 Å². The maximum absolute atomic E-state index is 12.2. The Hall–Kier alpha value is -3.27. The number of amides is 1. The van der Waals surface area contributed by atoms with Gasteiger partial charge in [0, 0.05) is 13.0 Å². The van der Waals surface area contributed by atoms with Gasteiger partial charge in [0.15, 0.2) is 23.8 Å². The Morgan fingerprint density at radius 2 is 2.00 bits per heavy atom. The van der Waals surface area contributed by atoms with Crippen LogP contribution in [0, 0.1) is 23.2 Å². The smallest absolute Gasteiger partial charge is 0.309 e. The molecule has 2 aliphatic rings. The summed E-state index contributed by atoms with van der Waals surface area (Å²) >= 11 is 0. The number of nitrogen functional groups attached to an aromatic ring is 1. The van der Waals surface area contributed by atoms with E-state index in [9.17, 15) is 24.9 Å². The predicted octanol–water partition coefficient (Wildman–Crippen LogP) is 0.187. The second-order valence-corrected chi connectivity index (χ2v) is 9.39. The summed E-state index contributed by atoms with van der Waals surface area (Å²) in [6.45, 7) is 3.88. The molecule has 12 heteroatoms. The number of imidazole rings is 1. The van der Waals surface area contributed by atoms with Crippen LogP contribution in [0.1, 0.15) is 58.0 Å². The summed E-state index contributed by atoms with van der Waals surface area (Å²) in [4.78, 5) is 36.4. The number of carbonyl (C=O) groups is 2. The van der Waals surface area contributed by atoms with E-state index in [2.05, 4.69) is 32.1 Å².